The smallest absolute Gasteiger partial charge is 0.211 e. The van der Waals surface area contributed by atoms with Gasteiger partial charge in [0.25, 0.3) is 0 Å². The topological polar surface area (TPSA) is 68.6 Å². The van der Waals surface area contributed by atoms with E-state index < -0.39 is 21.1 Å². The zero-order chi connectivity index (χ0) is 22.2. The minimum absolute atomic E-state index is 0.0121. The molecule has 0 spiro atoms. The SMILES string of the molecule is CCCn1cc(S(=O)(=O)c2ccc(OC)cc2)c(=O)c2cc(F)c(N3CCCC3)cc21. The first-order chi connectivity index (χ1) is 14.9. The number of halogens is 1. The molecule has 0 saturated carbocycles. The van der Waals surface area contributed by atoms with E-state index in [-0.39, 0.29) is 15.2 Å². The fraction of sp³-hybridized carbons (Fsp3) is 0.348. The van der Waals surface area contributed by atoms with Gasteiger partial charge in [0.05, 0.1) is 28.6 Å². The molecule has 1 saturated heterocycles. The van der Waals surface area contributed by atoms with Gasteiger partial charge in [0, 0.05) is 25.8 Å². The van der Waals surface area contributed by atoms with E-state index in [2.05, 4.69) is 0 Å². The number of rotatable bonds is 6. The van der Waals surface area contributed by atoms with Gasteiger partial charge in [-0.05, 0) is 55.7 Å². The maximum Gasteiger partial charge on any atom is 0.211 e. The van der Waals surface area contributed by atoms with Gasteiger partial charge in [-0.3, -0.25) is 4.79 Å². The number of nitrogens with zero attached hydrogens (tertiary/aromatic N) is 2. The Labute approximate surface area is 180 Å². The summed E-state index contributed by atoms with van der Waals surface area (Å²) in [7, 11) is -2.60. The van der Waals surface area contributed by atoms with Gasteiger partial charge in [-0.15, -0.1) is 0 Å². The van der Waals surface area contributed by atoms with Crippen LogP contribution in [0.2, 0.25) is 0 Å². The van der Waals surface area contributed by atoms with E-state index in [1.807, 2.05) is 11.8 Å². The summed E-state index contributed by atoms with van der Waals surface area (Å²) in [6, 6.07) is 8.72. The van der Waals surface area contributed by atoms with Crippen LogP contribution >= 0.6 is 0 Å². The van der Waals surface area contributed by atoms with Gasteiger partial charge in [0.15, 0.2) is 0 Å². The second-order valence-electron chi connectivity index (χ2n) is 7.71. The molecule has 0 bridgehead atoms. The number of pyridine rings is 1. The second-order valence-corrected chi connectivity index (χ2v) is 9.63. The molecule has 1 fully saturated rings. The van der Waals surface area contributed by atoms with E-state index in [1.54, 1.807) is 10.6 Å². The van der Waals surface area contributed by atoms with Crippen LogP contribution in [-0.2, 0) is 16.4 Å². The molecule has 0 unspecified atom stereocenters. The summed E-state index contributed by atoms with van der Waals surface area (Å²) in [6.07, 6.45) is 4.12. The van der Waals surface area contributed by atoms with Crippen molar-refractivity contribution in [1.82, 2.24) is 4.57 Å². The number of fused-ring (bicyclic) bond motifs is 1. The van der Waals surface area contributed by atoms with Gasteiger partial charge in [-0.1, -0.05) is 6.92 Å². The molecule has 3 aromatic rings. The summed E-state index contributed by atoms with van der Waals surface area (Å²) < 4.78 is 48.3. The molecule has 1 aliphatic heterocycles. The largest absolute Gasteiger partial charge is 0.497 e. The Balaban J connectivity index is 1.93. The van der Waals surface area contributed by atoms with Gasteiger partial charge in [-0.2, -0.15) is 0 Å². The normalized spacial score (nSPS) is 14.4. The molecule has 1 aromatic heterocycles. The minimum atomic E-state index is -4.09. The molecule has 1 aliphatic rings. The quantitative estimate of drug-likeness (QED) is 0.575. The van der Waals surface area contributed by atoms with Crippen LogP contribution < -0.4 is 15.1 Å². The Hall–Kier alpha value is -2.87. The predicted molar refractivity (Wildman–Crippen MR) is 118 cm³/mol. The number of aromatic nitrogens is 1. The van der Waals surface area contributed by atoms with Crippen molar-refractivity contribution < 1.29 is 17.5 Å². The van der Waals surface area contributed by atoms with Crippen molar-refractivity contribution in [1.29, 1.82) is 0 Å². The summed E-state index contributed by atoms with van der Waals surface area (Å²) in [6.45, 7) is 4.01. The molecular weight excluding hydrogens is 419 g/mol. The molecule has 2 heterocycles. The van der Waals surface area contributed by atoms with Crippen molar-refractivity contribution in [2.75, 3.05) is 25.1 Å². The van der Waals surface area contributed by atoms with Crippen molar-refractivity contribution in [3.05, 3.63) is 58.6 Å². The third-order valence-electron chi connectivity index (χ3n) is 5.69. The monoisotopic (exact) mass is 444 g/mol. The van der Waals surface area contributed by atoms with Gasteiger partial charge < -0.3 is 14.2 Å². The van der Waals surface area contributed by atoms with E-state index in [9.17, 15) is 17.6 Å². The average molecular weight is 445 g/mol. The molecule has 0 aliphatic carbocycles. The van der Waals surface area contributed by atoms with Crippen molar-refractivity contribution >= 4 is 26.4 Å². The lowest BCUT2D eigenvalue weighted by atomic mass is 10.1. The zero-order valence-electron chi connectivity index (χ0n) is 17.6. The summed E-state index contributed by atoms with van der Waals surface area (Å²) >= 11 is 0. The Morgan fingerprint density at radius 3 is 2.39 bits per heavy atom. The van der Waals surface area contributed by atoms with Crippen LogP contribution in [0.15, 0.2) is 57.2 Å². The first kappa shape index (κ1) is 21.4. The third kappa shape index (κ3) is 3.80. The molecular formula is C23H25FN2O4S. The van der Waals surface area contributed by atoms with Crippen LogP contribution in [0, 0.1) is 5.82 Å². The fourth-order valence-corrected chi connectivity index (χ4v) is 5.44. The van der Waals surface area contributed by atoms with Crippen molar-refractivity contribution in [2.24, 2.45) is 0 Å². The van der Waals surface area contributed by atoms with Crippen LogP contribution in [-0.4, -0.2) is 33.2 Å². The van der Waals surface area contributed by atoms with Crippen molar-refractivity contribution in [3.63, 3.8) is 0 Å². The number of aryl methyl sites for hydroxylation is 1. The molecule has 6 nitrogen and oxygen atoms in total. The minimum Gasteiger partial charge on any atom is -0.497 e. The van der Waals surface area contributed by atoms with E-state index in [0.29, 0.717) is 23.5 Å². The number of benzene rings is 2. The number of anilines is 1. The maximum absolute atomic E-state index is 15.0. The van der Waals surface area contributed by atoms with Crippen LogP contribution in [0.4, 0.5) is 10.1 Å². The van der Waals surface area contributed by atoms with E-state index in [4.69, 9.17) is 4.74 Å². The van der Waals surface area contributed by atoms with Gasteiger partial charge in [0.1, 0.15) is 16.5 Å². The van der Waals surface area contributed by atoms with Crippen LogP contribution in [0.5, 0.6) is 5.75 Å². The highest BCUT2D eigenvalue weighted by molar-refractivity contribution is 7.91. The lowest BCUT2D eigenvalue weighted by Crippen LogP contribution is -2.22. The molecule has 31 heavy (non-hydrogen) atoms. The molecule has 164 valence electrons. The highest BCUT2D eigenvalue weighted by Gasteiger charge is 2.25. The van der Waals surface area contributed by atoms with E-state index in [1.165, 1.54) is 43.6 Å². The fourth-order valence-electron chi connectivity index (χ4n) is 4.07. The lowest BCUT2D eigenvalue weighted by molar-refractivity contribution is 0.414. The third-order valence-corrected chi connectivity index (χ3v) is 7.45. The molecule has 0 radical (unpaired) electrons. The summed E-state index contributed by atoms with van der Waals surface area (Å²) in [5.74, 6) is 0.00547. The Morgan fingerprint density at radius 1 is 1.10 bits per heavy atom. The highest BCUT2D eigenvalue weighted by atomic mass is 32.2. The average Bonchev–Trinajstić information content (AvgIpc) is 3.30. The summed E-state index contributed by atoms with van der Waals surface area (Å²) in [5, 5.41) is 0.0727. The first-order valence-corrected chi connectivity index (χ1v) is 11.9. The number of hydrogen-bond acceptors (Lipinski definition) is 5. The summed E-state index contributed by atoms with van der Waals surface area (Å²) in [5.41, 5.74) is 0.314. The Morgan fingerprint density at radius 2 is 1.77 bits per heavy atom. The standard InChI is InChI=1S/C23H25FN2O4S/c1-3-10-26-15-22(31(28,29)17-8-6-16(30-2)7-9-17)23(27)18-13-19(24)21(14-20(18)26)25-11-4-5-12-25/h6-9,13-15H,3-5,10-12H2,1-2H3. The van der Waals surface area contributed by atoms with E-state index >= 15 is 0 Å². The Kier molecular flexibility index (Phi) is 5.75. The van der Waals surface area contributed by atoms with Gasteiger partial charge in [-0.25, -0.2) is 12.8 Å². The van der Waals surface area contributed by atoms with Crippen molar-refractivity contribution in [3.8, 4) is 5.75 Å². The molecule has 0 amide bonds. The Bertz CT molecular complexity index is 1280. The zero-order valence-corrected chi connectivity index (χ0v) is 18.4. The van der Waals surface area contributed by atoms with Crippen LogP contribution in [0.25, 0.3) is 10.9 Å². The maximum atomic E-state index is 15.0. The first-order valence-electron chi connectivity index (χ1n) is 10.4. The molecule has 4 rings (SSSR count). The van der Waals surface area contributed by atoms with Crippen LogP contribution in [0.3, 0.4) is 0 Å². The number of sulfone groups is 1. The van der Waals surface area contributed by atoms with Crippen LogP contribution in [0.1, 0.15) is 26.2 Å². The van der Waals surface area contributed by atoms with Gasteiger partial charge in [0.2, 0.25) is 15.3 Å². The van der Waals surface area contributed by atoms with E-state index in [0.717, 1.165) is 32.4 Å². The number of ether oxygens (including phenoxy) is 1. The summed E-state index contributed by atoms with van der Waals surface area (Å²) in [4.78, 5) is 14.8. The molecule has 0 atom stereocenters. The van der Waals surface area contributed by atoms with Gasteiger partial charge >= 0.3 is 0 Å². The number of hydrogen-bond donors (Lipinski definition) is 0. The highest BCUT2D eigenvalue weighted by Crippen LogP contribution is 2.29. The molecule has 0 N–H and O–H groups in total. The van der Waals surface area contributed by atoms with Crippen molar-refractivity contribution in [2.45, 2.75) is 42.5 Å². The molecule has 2 aromatic carbocycles. The lowest BCUT2D eigenvalue weighted by Gasteiger charge is -2.21. The second kappa shape index (κ2) is 8.34. The molecule has 8 heteroatoms. The number of methoxy groups -OCH3 is 1. The predicted octanol–water partition coefficient (Wildman–Crippen LogP) is 3.99.